The Morgan fingerprint density at radius 2 is 1.00 bits per heavy atom. The summed E-state index contributed by atoms with van der Waals surface area (Å²) in [5, 5.41) is 0. The Kier molecular flexibility index (Phi) is 12.5. The molecule has 2 heterocycles. The predicted octanol–water partition coefficient (Wildman–Crippen LogP) is 11.5. The van der Waals surface area contributed by atoms with Crippen molar-refractivity contribution < 1.29 is 19.1 Å². The summed E-state index contributed by atoms with van der Waals surface area (Å²) in [7, 11) is 2.91. The van der Waals surface area contributed by atoms with Crippen molar-refractivity contribution in [1.29, 1.82) is 0 Å². The molecule has 7 nitrogen and oxygen atoms in total. The van der Waals surface area contributed by atoms with Gasteiger partial charge in [-0.05, 0) is 74.9 Å². The van der Waals surface area contributed by atoms with E-state index in [0.29, 0.717) is 38.8 Å². The number of nitrogens with zero attached hydrogens (tertiary/aromatic N) is 3. The molecule has 60 heavy (non-hydrogen) atoms. The molecule has 0 aromatic heterocycles. The van der Waals surface area contributed by atoms with Crippen LogP contribution < -0.4 is 14.4 Å². The molecule has 310 valence electrons. The van der Waals surface area contributed by atoms with Crippen LogP contribution in [-0.2, 0) is 29.9 Å². The van der Waals surface area contributed by atoms with E-state index in [0.717, 1.165) is 24.2 Å². The largest absolute Gasteiger partial charge is 0.469 e. The minimum absolute atomic E-state index is 0.184. The lowest BCUT2D eigenvalue weighted by Gasteiger charge is -2.27. The molecule has 0 radical (unpaired) electrons. The lowest BCUT2D eigenvalue weighted by atomic mass is 9.83. The van der Waals surface area contributed by atoms with E-state index in [2.05, 4.69) is 177 Å². The minimum Gasteiger partial charge on any atom is -0.469 e. The standard InChI is InChI=1S/C53H60N3O4/c1-37-23-29-45-43(35-37)52(3,4)47(54(45)33-15-21-49(57)59-7)31-27-39-25-26-40(51(39)56(41-17-11-9-12-18-41)42-19-13-10-14-20-42)28-32-48-53(5,6)44-36-38(2)24-30-46(44)55(48)34-16-22-50(58)60-8/h9-14,17-20,23-24,27-32,35-36H,15-16,21-22,25-26,33-34H2,1-8H3/q+1. The zero-order valence-corrected chi connectivity index (χ0v) is 36.7. The molecule has 2 aliphatic heterocycles. The number of para-hydroxylation sites is 2. The first kappa shape index (κ1) is 42.2. The van der Waals surface area contributed by atoms with Gasteiger partial charge in [-0.15, -0.1) is 0 Å². The number of rotatable bonds is 12. The van der Waals surface area contributed by atoms with E-state index in [1.807, 2.05) is 0 Å². The van der Waals surface area contributed by atoms with Crippen LogP contribution in [-0.4, -0.2) is 45.0 Å². The van der Waals surface area contributed by atoms with Gasteiger partial charge in [-0.3, -0.25) is 9.59 Å². The highest BCUT2D eigenvalue weighted by Crippen LogP contribution is 2.50. The zero-order chi connectivity index (χ0) is 42.6. The van der Waals surface area contributed by atoms with Crippen molar-refractivity contribution in [2.24, 2.45) is 0 Å². The van der Waals surface area contributed by atoms with Crippen molar-refractivity contribution >= 4 is 40.4 Å². The van der Waals surface area contributed by atoms with E-state index in [4.69, 9.17) is 9.47 Å². The molecule has 0 unspecified atom stereocenters. The maximum Gasteiger partial charge on any atom is 0.305 e. The predicted molar refractivity (Wildman–Crippen MR) is 247 cm³/mol. The highest BCUT2D eigenvalue weighted by atomic mass is 16.5. The van der Waals surface area contributed by atoms with Gasteiger partial charge in [0.1, 0.15) is 0 Å². The van der Waals surface area contributed by atoms with Crippen LogP contribution in [0.25, 0.3) is 0 Å². The number of anilines is 2. The summed E-state index contributed by atoms with van der Waals surface area (Å²) in [6.45, 7) is 15.0. The molecule has 0 bridgehead atoms. The second-order valence-electron chi connectivity index (χ2n) is 17.3. The summed E-state index contributed by atoms with van der Waals surface area (Å²) in [6, 6.07) is 34.8. The second kappa shape index (κ2) is 17.7. The maximum atomic E-state index is 12.2. The molecular formula is C53H60N3O4+. The van der Waals surface area contributed by atoms with Gasteiger partial charge < -0.3 is 19.3 Å². The van der Waals surface area contributed by atoms with Gasteiger partial charge in [-0.2, -0.15) is 4.58 Å². The van der Waals surface area contributed by atoms with Gasteiger partial charge in [0, 0.05) is 94.9 Å². The van der Waals surface area contributed by atoms with Crippen LogP contribution in [0.4, 0.5) is 22.7 Å². The van der Waals surface area contributed by atoms with Crippen molar-refractivity contribution in [3.63, 3.8) is 0 Å². The third-order valence-corrected chi connectivity index (χ3v) is 12.5. The van der Waals surface area contributed by atoms with Crippen molar-refractivity contribution in [3.8, 4) is 0 Å². The lowest BCUT2D eigenvalue weighted by molar-refractivity contribution is -0.141. The number of methoxy groups -OCH3 is 2. The van der Waals surface area contributed by atoms with Gasteiger partial charge in [-0.25, -0.2) is 0 Å². The molecular weight excluding hydrogens is 743 g/mol. The van der Waals surface area contributed by atoms with Crippen molar-refractivity contribution in [3.05, 3.63) is 166 Å². The summed E-state index contributed by atoms with van der Waals surface area (Å²) in [4.78, 5) is 29.2. The van der Waals surface area contributed by atoms with E-state index in [1.165, 1.54) is 76.1 Å². The molecule has 4 aromatic carbocycles. The summed E-state index contributed by atoms with van der Waals surface area (Å²) < 4.78 is 12.4. The summed E-state index contributed by atoms with van der Waals surface area (Å²) >= 11 is 0. The normalized spacial score (nSPS) is 19.0. The molecule has 1 saturated carbocycles. The van der Waals surface area contributed by atoms with Crippen LogP contribution in [0.15, 0.2) is 144 Å². The van der Waals surface area contributed by atoms with E-state index in [-0.39, 0.29) is 22.8 Å². The van der Waals surface area contributed by atoms with Gasteiger partial charge in [0.15, 0.2) is 0 Å². The lowest BCUT2D eigenvalue weighted by Crippen LogP contribution is -2.27. The Morgan fingerprint density at radius 1 is 0.600 bits per heavy atom. The van der Waals surface area contributed by atoms with Crippen LogP contribution >= 0.6 is 0 Å². The van der Waals surface area contributed by atoms with Crippen molar-refractivity contribution in [2.45, 2.75) is 90.9 Å². The topological polar surface area (TPSA) is 62.1 Å². The Morgan fingerprint density at radius 3 is 1.38 bits per heavy atom. The Bertz CT molecular complexity index is 2250. The maximum absolute atomic E-state index is 12.2. The quantitative estimate of drug-likeness (QED) is 0.105. The SMILES string of the molecule is COC(=O)CCCN1C(=CC=C2CCC(=CC=C3N(CCCC(=O)OC)c4ccc(C)cc4C3(C)C)C2=[N+](c2ccccc2)c2ccccc2)C(C)(C)c2cc(C)ccc21. The molecule has 1 fully saturated rings. The molecule has 7 rings (SSSR count). The molecule has 0 saturated heterocycles. The smallest absolute Gasteiger partial charge is 0.305 e. The number of ether oxygens (including phenoxy) is 2. The number of aryl methyl sites for hydroxylation is 2. The molecule has 4 aromatic rings. The Labute approximate surface area is 357 Å². The van der Waals surface area contributed by atoms with Crippen LogP contribution in [0.3, 0.4) is 0 Å². The number of allylic oxidation sites excluding steroid dienone is 8. The Balaban J connectivity index is 1.38. The number of carbonyl (C=O) groups is 2. The van der Waals surface area contributed by atoms with Gasteiger partial charge in [0.25, 0.3) is 0 Å². The highest BCUT2D eigenvalue weighted by Gasteiger charge is 2.42. The van der Waals surface area contributed by atoms with Gasteiger partial charge in [-0.1, -0.05) is 112 Å². The second-order valence-corrected chi connectivity index (χ2v) is 17.3. The van der Waals surface area contributed by atoms with E-state index >= 15 is 0 Å². The van der Waals surface area contributed by atoms with Gasteiger partial charge in [0.05, 0.1) is 14.2 Å². The van der Waals surface area contributed by atoms with Crippen LogP contribution in [0, 0.1) is 13.8 Å². The zero-order valence-electron chi connectivity index (χ0n) is 36.7. The number of fused-ring (bicyclic) bond motifs is 2. The monoisotopic (exact) mass is 802 g/mol. The summed E-state index contributed by atoms with van der Waals surface area (Å²) in [5.74, 6) is -0.369. The van der Waals surface area contributed by atoms with Crippen LogP contribution in [0.1, 0.15) is 88.5 Å². The molecule has 1 aliphatic carbocycles. The van der Waals surface area contributed by atoms with E-state index in [1.54, 1.807) is 0 Å². The third kappa shape index (κ3) is 8.40. The molecule has 0 atom stereocenters. The number of hydrogen-bond acceptors (Lipinski definition) is 6. The first-order valence-corrected chi connectivity index (χ1v) is 21.4. The third-order valence-electron chi connectivity index (χ3n) is 12.5. The summed E-state index contributed by atoms with van der Waals surface area (Å²) in [6.07, 6.45) is 13.3. The fraction of sp³-hybridized carbons (Fsp3) is 0.340. The van der Waals surface area contributed by atoms with E-state index < -0.39 is 0 Å². The van der Waals surface area contributed by atoms with Gasteiger partial charge in [0.2, 0.25) is 17.1 Å². The minimum atomic E-state index is -0.247. The van der Waals surface area contributed by atoms with Crippen molar-refractivity contribution in [2.75, 3.05) is 37.1 Å². The van der Waals surface area contributed by atoms with E-state index in [9.17, 15) is 9.59 Å². The number of esters is 2. The van der Waals surface area contributed by atoms with Crippen LogP contribution in [0.2, 0.25) is 0 Å². The highest BCUT2D eigenvalue weighted by molar-refractivity contribution is 6.17. The fourth-order valence-electron chi connectivity index (χ4n) is 9.27. The number of hydrogen-bond donors (Lipinski definition) is 0. The first-order chi connectivity index (χ1) is 28.8. The van der Waals surface area contributed by atoms with Crippen molar-refractivity contribution in [1.82, 2.24) is 4.58 Å². The first-order valence-electron chi connectivity index (χ1n) is 21.4. The molecule has 0 spiro atoms. The molecule has 0 N–H and O–H groups in total. The van der Waals surface area contributed by atoms with Gasteiger partial charge >= 0.3 is 11.9 Å². The number of carbonyl (C=O) groups excluding carboxylic acids is 2. The Hall–Kier alpha value is -5.95. The molecule has 7 heteroatoms. The summed E-state index contributed by atoms with van der Waals surface area (Å²) in [5.41, 5.74) is 15.3. The molecule has 0 amide bonds. The average molecular weight is 803 g/mol. The molecule has 3 aliphatic rings. The fourth-order valence-corrected chi connectivity index (χ4v) is 9.27. The van der Waals surface area contributed by atoms with Crippen LogP contribution in [0.5, 0.6) is 0 Å². The number of benzene rings is 4. The average Bonchev–Trinajstić information content (AvgIpc) is 3.80.